The van der Waals surface area contributed by atoms with Crippen LogP contribution in [0.15, 0.2) is 0 Å². The van der Waals surface area contributed by atoms with Gasteiger partial charge < -0.3 is 9.74 Å². The lowest BCUT2D eigenvalue weighted by Crippen LogP contribution is -2.35. The fourth-order valence-electron chi connectivity index (χ4n) is 1.50. The number of hydrogen-bond acceptors (Lipinski definition) is 5. The van der Waals surface area contributed by atoms with Gasteiger partial charge >= 0.3 is 0 Å². The van der Waals surface area contributed by atoms with E-state index in [9.17, 15) is 8.42 Å². The van der Waals surface area contributed by atoms with Gasteiger partial charge in [0.15, 0.2) is 9.84 Å². The maximum atomic E-state index is 11.1. The minimum atomic E-state index is -2.78. The van der Waals surface area contributed by atoms with Crippen molar-refractivity contribution in [1.29, 1.82) is 0 Å². The Balaban J connectivity index is 2.37. The van der Waals surface area contributed by atoms with Crippen molar-refractivity contribution in [2.45, 2.75) is 12.5 Å². The van der Waals surface area contributed by atoms with E-state index in [2.05, 4.69) is 4.84 Å². The van der Waals surface area contributed by atoms with Crippen molar-refractivity contribution in [1.82, 2.24) is 4.90 Å². The maximum absolute atomic E-state index is 11.1. The zero-order valence-electron chi connectivity index (χ0n) is 7.77. The summed E-state index contributed by atoms with van der Waals surface area (Å²) in [6.07, 6.45) is 0.726. The van der Waals surface area contributed by atoms with Gasteiger partial charge in [0.2, 0.25) is 0 Å². The van der Waals surface area contributed by atoms with Crippen LogP contribution in [0.1, 0.15) is 6.42 Å². The van der Waals surface area contributed by atoms with Gasteiger partial charge in [0.25, 0.3) is 0 Å². The molecule has 1 heterocycles. The molecule has 0 aromatic heterocycles. The summed E-state index contributed by atoms with van der Waals surface area (Å²) in [6, 6.07) is 0.139. The minimum Gasteiger partial charge on any atom is -0.303 e. The molecular formula is C7H16N2O3S. The second-order valence-electron chi connectivity index (χ2n) is 3.41. The third kappa shape index (κ3) is 3.22. The third-order valence-corrected chi connectivity index (χ3v) is 4.14. The number of nitrogens with two attached hydrogens (primary N) is 1. The fourth-order valence-corrected chi connectivity index (χ4v) is 3.31. The van der Waals surface area contributed by atoms with Crippen LogP contribution in [-0.2, 0) is 14.7 Å². The highest BCUT2D eigenvalue weighted by Crippen LogP contribution is 2.15. The number of nitrogens with zero attached hydrogens (tertiary/aromatic N) is 1. The molecule has 6 heteroatoms. The van der Waals surface area contributed by atoms with Crippen molar-refractivity contribution in [3.63, 3.8) is 0 Å². The zero-order chi connectivity index (χ0) is 9.90. The van der Waals surface area contributed by atoms with Gasteiger partial charge in [0.05, 0.1) is 18.1 Å². The number of rotatable bonds is 4. The Morgan fingerprint density at radius 2 is 2.31 bits per heavy atom. The molecule has 0 bridgehead atoms. The highest BCUT2D eigenvalue weighted by atomic mass is 32.2. The Morgan fingerprint density at radius 1 is 1.62 bits per heavy atom. The van der Waals surface area contributed by atoms with E-state index in [1.807, 2.05) is 11.9 Å². The SMILES string of the molecule is CN(CCON)C1CCS(=O)(=O)C1. The predicted octanol–water partition coefficient (Wildman–Crippen LogP) is -1.00. The average Bonchev–Trinajstić information content (AvgIpc) is 2.42. The Labute approximate surface area is 78.7 Å². The van der Waals surface area contributed by atoms with Crippen molar-refractivity contribution < 1.29 is 13.3 Å². The van der Waals surface area contributed by atoms with Gasteiger partial charge in [-0.2, -0.15) is 0 Å². The van der Waals surface area contributed by atoms with Gasteiger partial charge in [-0.15, -0.1) is 0 Å². The molecule has 1 aliphatic heterocycles. The summed E-state index contributed by atoms with van der Waals surface area (Å²) in [5.74, 6) is 5.47. The minimum absolute atomic E-state index is 0.139. The molecule has 5 nitrogen and oxygen atoms in total. The monoisotopic (exact) mass is 208 g/mol. The van der Waals surface area contributed by atoms with Crippen LogP contribution >= 0.6 is 0 Å². The summed E-state index contributed by atoms with van der Waals surface area (Å²) in [6.45, 7) is 1.11. The summed E-state index contributed by atoms with van der Waals surface area (Å²) in [5.41, 5.74) is 0. The second-order valence-corrected chi connectivity index (χ2v) is 5.64. The van der Waals surface area contributed by atoms with Crippen LogP contribution in [0.2, 0.25) is 0 Å². The van der Waals surface area contributed by atoms with Gasteiger partial charge in [-0.3, -0.25) is 0 Å². The Bertz CT molecular complexity index is 252. The first kappa shape index (κ1) is 10.9. The molecule has 1 aliphatic rings. The number of likely N-dealkylation sites (N-methyl/N-ethyl adjacent to an activating group) is 1. The highest BCUT2D eigenvalue weighted by molar-refractivity contribution is 7.91. The Hall–Kier alpha value is -0.170. The quantitative estimate of drug-likeness (QED) is 0.600. The smallest absolute Gasteiger partial charge is 0.151 e. The molecule has 0 aromatic carbocycles. The average molecular weight is 208 g/mol. The second kappa shape index (κ2) is 4.36. The van der Waals surface area contributed by atoms with Crippen molar-refractivity contribution in [3.8, 4) is 0 Å². The molecule has 1 saturated heterocycles. The van der Waals surface area contributed by atoms with Crippen LogP contribution in [0.4, 0.5) is 0 Å². The van der Waals surface area contributed by atoms with E-state index in [-0.39, 0.29) is 11.8 Å². The fraction of sp³-hybridized carbons (Fsp3) is 1.00. The molecule has 0 radical (unpaired) electrons. The van der Waals surface area contributed by atoms with Crippen molar-refractivity contribution in [3.05, 3.63) is 0 Å². The molecule has 13 heavy (non-hydrogen) atoms. The summed E-state index contributed by atoms with van der Waals surface area (Å²) >= 11 is 0. The van der Waals surface area contributed by atoms with E-state index in [0.717, 1.165) is 6.42 Å². The molecule has 0 aromatic rings. The summed E-state index contributed by atoms with van der Waals surface area (Å²) in [5, 5.41) is 0. The normalized spacial score (nSPS) is 26.8. The molecule has 0 spiro atoms. The van der Waals surface area contributed by atoms with Crippen LogP contribution in [0.5, 0.6) is 0 Å². The highest BCUT2D eigenvalue weighted by Gasteiger charge is 2.30. The predicted molar refractivity (Wildman–Crippen MR) is 49.8 cm³/mol. The van der Waals surface area contributed by atoms with Gasteiger partial charge in [0, 0.05) is 12.6 Å². The van der Waals surface area contributed by atoms with Crippen molar-refractivity contribution >= 4 is 9.84 Å². The largest absolute Gasteiger partial charge is 0.303 e. The Morgan fingerprint density at radius 3 is 2.77 bits per heavy atom. The van der Waals surface area contributed by atoms with Crippen molar-refractivity contribution in [2.24, 2.45) is 5.90 Å². The molecule has 1 atom stereocenters. The first-order valence-corrected chi connectivity index (χ1v) is 6.09. The molecule has 2 N–H and O–H groups in total. The van der Waals surface area contributed by atoms with Gasteiger partial charge in [-0.05, 0) is 13.5 Å². The van der Waals surface area contributed by atoms with Crippen LogP contribution < -0.4 is 5.90 Å². The number of sulfone groups is 1. The van der Waals surface area contributed by atoms with Crippen LogP contribution in [0, 0.1) is 0 Å². The molecule has 1 unspecified atom stereocenters. The van der Waals surface area contributed by atoms with E-state index in [1.165, 1.54) is 0 Å². The van der Waals surface area contributed by atoms with E-state index < -0.39 is 9.84 Å². The molecule has 0 saturated carbocycles. The lowest BCUT2D eigenvalue weighted by atomic mass is 10.2. The van der Waals surface area contributed by atoms with Gasteiger partial charge in [-0.25, -0.2) is 14.3 Å². The Kier molecular flexibility index (Phi) is 3.66. The molecule has 0 amide bonds. The van der Waals surface area contributed by atoms with Gasteiger partial charge in [0.1, 0.15) is 0 Å². The van der Waals surface area contributed by atoms with Crippen LogP contribution in [0.25, 0.3) is 0 Å². The first-order chi connectivity index (χ1) is 6.05. The summed E-state index contributed by atoms with van der Waals surface area (Å²) in [7, 11) is -0.886. The molecular weight excluding hydrogens is 192 g/mol. The molecule has 1 rings (SSSR count). The lowest BCUT2D eigenvalue weighted by Gasteiger charge is -2.21. The third-order valence-electron chi connectivity index (χ3n) is 2.39. The molecule has 0 aliphatic carbocycles. The van der Waals surface area contributed by atoms with E-state index in [1.54, 1.807) is 0 Å². The topological polar surface area (TPSA) is 72.6 Å². The summed E-state index contributed by atoms with van der Waals surface area (Å²) < 4.78 is 22.3. The zero-order valence-corrected chi connectivity index (χ0v) is 8.59. The lowest BCUT2D eigenvalue weighted by molar-refractivity contribution is 0.103. The van der Waals surface area contributed by atoms with E-state index in [0.29, 0.717) is 18.9 Å². The van der Waals surface area contributed by atoms with E-state index >= 15 is 0 Å². The van der Waals surface area contributed by atoms with Crippen molar-refractivity contribution in [2.75, 3.05) is 31.7 Å². The molecule has 78 valence electrons. The van der Waals surface area contributed by atoms with Crippen LogP contribution in [0.3, 0.4) is 0 Å². The van der Waals surface area contributed by atoms with Gasteiger partial charge in [-0.1, -0.05) is 0 Å². The van der Waals surface area contributed by atoms with E-state index in [4.69, 9.17) is 5.90 Å². The summed E-state index contributed by atoms with van der Waals surface area (Å²) in [4.78, 5) is 6.42. The number of hydrogen-bond donors (Lipinski definition) is 1. The van der Waals surface area contributed by atoms with Crippen LogP contribution in [-0.4, -0.2) is 51.1 Å². The maximum Gasteiger partial charge on any atom is 0.151 e. The first-order valence-electron chi connectivity index (χ1n) is 4.27. The molecule has 1 fully saturated rings. The standard InChI is InChI=1S/C7H16N2O3S/c1-9(3-4-12-8)7-2-5-13(10,11)6-7/h7H,2-6,8H2,1H3.